The summed E-state index contributed by atoms with van der Waals surface area (Å²) in [5.74, 6) is 0.925. The summed E-state index contributed by atoms with van der Waals surface area (Å²) in [5.41, 5.74) is 3.66. The first-order chi connectivity index (χ1) is 15.9. The zero-order valence-corrected chi connectivity index (χ0v) is 19.1. The van der Waals surface area contributed by atoms with E-state index in [2.05, 4.69) is 20.6 Å². The lowest BCUT2D eigenvalue weighted by Gasteiger charge is -2.29. The fourth-order valence-electron chi connectivity index (χ4n) is 4.28. The molecule has 2 N–H and O–H groups in total. The predicted octanol–water partition coefficient (Wildman–Crippen LogP) is 1.76. The van der Waals surface area contributed by atoms with E-state index >= 15 is 0 Å². The second-order valence-corrected chi connectivity index (χ2v) is 8.20. The number of carbonyl (C=O) groups excluding carboxylic acids is 3. The van der Waals surface area contributed by atoms with Gasteiger partial charge in [0.15, 0.2) is 0 Å². The van der Waals surface area contributed by atoms with E-state index in [1.54, 1.807) is 9.47 Å². The lowest BCUT2D eigenvalue weighted by atomic mass is 10.0. The molecule has 3 aromatic rings. The molecule has 4 rings (SSSR count). The van der Waals surface area contributed by atoms with Crippen LogP contribution in [0.25, 0.3) is 10.9 Å². The van der Waals surface area contributed by atoms with Gasteiger partial charge in [-0.3, -0.25) is 23.9 Å². The van der Waals surface area contributed by atoms with Gasteiger partial charge in [-0.1, -0.05) is 18.2 Å². The third-order valence-electron chi connectivity index (χ3n) is 5.88. The van der Waals surface area contributed by atoms with Crippen LogP contribution in [-0.4, -0.2) is 52.4 Å². The number of hydrogen-bond donors (Lipinski definition) is 2. The summed E-state index contributed by atoms with van der Waals surface area (Å²) in [5, 5.41) is 6.57. The maximum absolute atomic E-state index is 12.8. The number of amides is 2. The molecule has 2 aromatic heterocycles. The van der Waals surface area contributed by atoms with Crippen LogP contribution in [0.4, 0.5) is 5.82 Å². The van der Waals surface area contributed by atoms with Gasteiger partial charge >= 0.3 is 0 Å². The molecule has 0 spiro atoms. The van der Waals surface area contributed by atoms with Crippen LogP contribution in [0.5, 0.6) is 0 Å². The Labute approximate surface area is 192 Å². The third kappa shape index (κ3) is 4.63. The van der Waals surface area contributed by atoms with Crippen molar-refractivity contribution in [1.82, 2.24) is 25.2 Å². The highest BCUT2D eigenvalue weighted by Gasteiger charge is 2.28. The number of benzene rings is 1. The van der Waals surface area contributed by atoms with E-state index in [9.17, 15) is 14.4 Å². The van der Waals surface area contributed by atoms with Gasteiger partial charge in [0.1, 0.15) is 11.6 Å². The number of anilines is 1. The SMILES string of the molecule is CNCc1nc(C)c2c(n1)N(CCc1cn(C(=O)CNC(C)=O)c3ccccc13)C(=O)CC2. The molecule has 33 heavy (non-hydrogen) atoms. The molecule has 0 saturated heterocycles. The zero-order chi connectivity index (χ0) is 23.5. The molecular formula is C24H28N6O3. The van der Waals surface area contributed by atoms with Gasteiger partial charge in [0.05, 0.1) is 18.6 Å². The molecule has 0 radical (unpaired) electrons. The summed E-state index contributed by atoms with van der Waals surface area (Å²) in [6.07, 6.45) is 3.45. The molecule has 1 aliphatic heterocycles. The van der Waals surface area contributed by atoms with Crippen molar-refractivity contribution >= 4 is 34.4 Å². The van der Waals surface area contributed by atoms with Crippen LogP contribution >= 0.6 is 0 Å². The van der Waals surface area contributed by atoms with Crippen LogP contribution < -0.4 is 15.5 Å². The summed E-state index contributed by atoms with van der Waals surface area (Å²) in [7, 11) is 1.84. The molecule has 9 nitrogen and oxygen atoms in total. The largest absolute Gasteiger partial charge is 0.347 e. The highest BCUT2D eigenvalue weighted by Crippen LogP contribution is 2.29. The van der Waals surface area contributed by atoms with Crippen molar-refractivity contribution in [2.24, 2.45) is 0 Å². The lowest BCUT2D eigenvalue weighted by molar-refractivity contribution is -0.119. The minimum Gasteiger partial charge on any atom is -0.347 e. The average molecular weight is 449 g/mol. The van der Waals surface area contributed by atoms with E-state index in [1.165, 1.54) is 6.92 Å². The van der Waals surface area contributed by atoms with E-state index in [0.717, 1.165) is 27.7 Å². The molecule has 1 aromatic carbocycles. The maximum Gasteiger partial charge on any atom is 0.250 e. The van der Waals surface area contributed by atoms with Crippen LogP contribution in [0.2, 0.25) is 0 Å². The minimum absolute atomic E-state index is 0.0430. The quantitative estimate of drug-likeness (QED) is 0.570. The molecule has 1 aliphatic rings. The molecule has 2 amide bonds. The number of hydrogen-bond acceptors (Lipinski definition) is 6. The first kappa shape index (κ1) is 22.6. The smallest absolute Gasteiger partial charge is 0.250 e. The van der Waals surface area contributed by atoms with Crippen molar-refractivity contribution in [3.05, 3.63) is 53.1 Å². The molecule has 0 unspecified atom stereocenters. The predicted molar refractivity (Wildman–Crippen MR) is 125 cm³/mol. The molecule has 0 saturated carbocycles. The van der Waals surface area contributed by atoms with E-state index in [-0.39, 0.29) is 24.3 Å². The monoisotopic (exact) mass is 448 g/mol. The highest BCUT2D eigenvalue weighted by molar-refractivity contribution is 5.97. The number of nitrogens with one attached hydrogen (secondary N) is 2. The first-order valence-electron chi connectivity index (χ1n) is 11.1. The second-order valence-electron chi connectivity index (χ2n) is 8.20. The Morgan fingerprint density at radius 1 is 1.15 bits per heavy atom. The highest BCUT2D eigenvalue weighted by atomic mass is 16.2. The zero-order valence-electron chi connectivity index (χ0n) is 19.1. The number of carbonyl (C=O) groups is 3. The van der Waals surface area contributed by atoms with Gasteiger partial charge < -0.3 is 10.6 Å². The Morgan fingerprint density at radius 3 is 2.70 bits per heavy atom. The van der Waals surface area contributed by atoms with Gasteiger partial charge in [-0.2, -0.15) is 0 Å². The Bertz CT molecular complexity index is 1230. The first-order valence-corrected chi connectivity index (χ1v) is 11.1. The number of para-hydroxylation sites is 1. The summed E-state index contributed by atoms with van der Waals surface area (Å²) < 4.78 is 1.57. The molecule has 0 atom stereocenters. The fraction of sp³-hybridized carbons (Fsp3) is 0.375. The van der Waals surface area contributed by atoms with Gasteiger partial charge in [0, 0.05) is 42.7 Å². The second kappa shape index (κ2) is 9.50. The van der Waals surface area contributed by atoms with E-state index in [4.69, 9.17) is 0 Å². The van der Waals surface area contributed by atoms with Crippen molar-refractivity contribution < 1.29 is 14.4 Å². The Balaban J connectivity index is 1.62. The van der Waals surface area contributed by atoms with Gasteiger partial charge in [0.25, 0.3) is 0 Å². The van der Waals surface area contributed by atoms with Crippen LogP contribution in [0.1, 0.15) is 40.8 Å². The molecule has 3 heterocycles. The van der Waals surface area contributed by atoms with Crippen molar-refractivity contribution in [3.63, 3.8) is 0 Å². The average Bonchev–Trinajstić information content (AvgIpc) is 3.16. The van der Waals surface area contributed by atoms with E-state index in [0.29, 0.717) is 44.0 Å². The van der Waals surface area contributed by atoms with Gasteiger partial charge in [0.2, 0.25) is 17.7 Å². The van der Waals surface area contributed by atoms with Crippen molar-refractivity contribution in [3.8, 4) is 0 Å². The van der Waals surface area contributed by atoms with Crippen LogP contribution in [0, 0.1) is 6.92 Å². The number of aromatic nitrogens is 3. The summed E-state index contributed by atoms with van der Waals surface area (Å²) in [6.45, 7) is 4.25. The molecular weight excluding hydrogens is 420 g/mol. The number of rotatable bonds is 7. The topological polar surface area (TPSA) is 109 Å². The standard InChI is InChI=1S/C24H28N6O3/c1-15-18-8-9-22(32)29(24(18)28-21(27-15)12-25-3)11-10-17-14-30(23(33)13-26-16(2)31)20-7-5-4-6-19(17)20/h4-7,14,25H,8-13H2,1-3H3,(H,26,31). The number of fused-ring (bicyclic) bond motifs is 2. The number of aryl methyl sites for hydroxylation is 1. The van der Waals surface area contributed by atoms with E-state index in [1.807, 2.05) is 44.4 Å². The van der Waals surface area contributed by atoms with Gasteiger partial charge in [-0.25, -0.2) is 9.97 Å². The number of nitrogens with zero attached hydrogens (tertiary/aromatic N) is 4. The fourth-order valence-corrected chi connectivity index (χ4v) is 4.28. The summed E-state index contributed by atoms with van der Waals surface area (Å²) in [6, 6.07) is 7.65. The molecule has 0 bridgehead atoms. The van der Waals surface area contributed by atoms with Gasteiger partial charge in [-0.05, 0) is 38.4 Å². The molecule has 172 valence electrons. The minimum atomic E-state index is -0.253. The van der Waals surface area contributed by atoms with E-state index < -0.39 is 0 Å². The third-order valence-corrected chi connectivity index (χ3v) is 5.88. The lowest BCUT2D eigenvalue weighted by Crippen LogP contribution is -2.38. The molecule has 9 heteroatoms. The van der Waals surface area contributed by atoms with Gasteiger partial charge in [-0.15, -0.1) is 0 Å². The normalized spacial score (nSPS) is 13.3. The van der Waals surface area contributed by atoms with Crippen LogP contribution in [0.3, 0.4) is 0 Å². The van der Waals surface area contributed by atoms with Crippen molar-refractivity contribution in [1.29, 1.82) is 0 Å². The van der Waals surface area contributed by atoms with Crippen molar-refractivity contribution in [2.75, 3.05) is 25.0 Å². The summed E-state index contributed by atoms with van der Waals surface area (Å²) >= 11 is 0. The van der Waals surface area contributed by atoms with Crippen LogP contribution in [-0.2, 0) is 29.0 Å². The maximum atomic E-state index is 12.8. The van der Waals surface area contributed by atoms with Crippen molar-refractivity contribution in [2.45, 2.75) is 39.7 Å². The molecule has 0 fully saturated rings. The summed E-state index contributed by atoms with van der Waals surface area (Å²) in [4.78, 5) is 47.7. The Kier molecular flexibility index (Phi) is 6.50. The molecule has 0 aliphatic carbocycles. The Hall–Kier alpha value is -3.59. The van der Waals surface area contributed by atoms with Crippen LogP contribution in [0.15, 0.2) is 30.5 Å². The Morgan fingerprint density at radius 2 is 1.94 bits per heavy atom.